The van der Waals surface area contributed by atoms with Gasteiger partial charge in [-0.3, -0.25) is 9.59 Å². The molecule has 3 aromatic rings. The molecule has 0 bridgehead atoms. The molecule has 0 unspecified atom stereocenters. The fourth-order valence-corrected chi connectivity index (χ4v) is 4.33. The first-order chi connectivity index (χ1) is 15.1. The lowest BCUT2D eigenvalue weighted by Gasteiger charge is -2.12. The zero-order chi connectivity index (χ0) is 21.6. The molecule has 1 aromatic heterocycles. The Morgan fingerprint density at radius 3 is 2.68 bits per heavy atom. The summed E-state index contributed by atoms with van der Waals surface area (Å²) >= 11 is 6.32. The quantitative estimate of drug-likeness (QED) is 0.437. The second kappa shape index (κ2) is 10.1. The third-order valence-electron chi connectivity index (χ3n) is 5.83. The molecule has 31 heavy (non-hydrogen) atoms. The molecule has 0 saturated heterocycles. The van der Waals surface area contributed by atoms with Gasteiger partial charge in [-0.15, -0.1) is 0 Å². The van der Waals surface area contributed by atoms with Gasteiger partial charge in [-0.05, 0) is 50.4 Å². The predicted octanol–water partition coefficient (Wildman–Crippen LogP) is 4.88. The van der Waals surface area contributed by atoms with E-state index in [0.29, 0.717) is 34.3 Å². The van der Waals surface area contributed by atoms with E-state index in [0.717, 1.165) is 30.3 Å². The van der Waals surface area contributed by atoms with Gasteiger partial charge in [0.15, 0.2) is 0 Å². The number of amides is 1. The van der Waals surface area contributed by atoms with Crippen molar-refractivity contribution >= 4 is 34.0 Å². The first-order valence-electron chi connectivity index (χ1n) is 10.9. The highest BCUT2D eigenvalue weighted by atomic mass is 35.5. The van der Waals surface area contributed by atoms with Crippen LogP contribution in [0.15, 0.2) is 47.3 Å². The van der Waals surface area contributed by atoms with E-state index in [-0.39, 0.29) is 11.5 Å². The fraction of sp³-hybridized carbons (Fsp3) is 0.375. The van der Waals surface area contributed by atoms with Crippen molar-refractivity contribution < 1.29 is 4.79 Å². The normalized spacial score (nSPS) is 14.2. The number of nitrogens with one attached hydrogen (secondary N) is 3. The molecule has 0 radical (unpaired) electrons. The van der Waals surface area contributed by atoms with E-state index in [9.17, 15) is 9.59 Å². The van der Waals surface area contributed by atoms with Gasteiger partial charge in [0.1, 0.15) is 0 Å². The number of unbranched alkanes of at least 4 members (excludes halogenated alkanes) is 1. The van der Waals surface area contributed by atoms with Crippen LogP contribution in [0.2, 0.25) is 5.02 Å². The number of halogens is 1. The molecule has 1 amide bonds. The van der Waals surface area contributed by atoms with Gasteiger partial charge in [-0.2, -0.15) is 5.10 Å². The van der Waals surface area contributed by atoms with Crippen LogP contribution >= 0.6 is 11.6 Å². The molecule has 1 saturated carbocycles. The van der Waals surface area contributed by atoms with E-state index in [1.54, 1.807) is 18.2 Å². The molecule has 3 N–H and O–H groups in total. The molecule has 0 atom stereocenters. The summed E-state index contributed by atoms with van der Waals surface area (Å²) in [6.45, 7) is 0.957. The van der Waals surface area contributed by atoms with Gasteiger partial charge in [-0.25, -0.2) is 5.10 Å². The summed E-state index contributed by atoms with van der Waals surface area (Å²) in [6.07, 6.45) is 7.45. The molecule has 4 rings (SSSR count). The first kappa shape index (κ1) is 21.5. The van der Waals surface area contributed by atoms with Gasteiger partial charge >= 0.3 is 0 Å². The minimum atomic E-state index is -0.232. The Balaban J connectivity index is 1.40. The number of nitrogens with zero attached hydrogens (tertiary/aromatic N) is 1. The Labute approximate surface area is 186 Å². The first-order valence-corrected chi connectivity index (χ1v) is 11.3. The number of carbonyl (C=O) groups is 1. The Hall–Kier alpha value is -2.70. The molecular formula is C24H27ClN4O2. The van der Waals surface area contributed by atoms with Gasteiger partial charge in [0.25, 0.3) is 5.56 Å². The monoisotopic (exact) mass is 438 g/mol. The molecule has 0 spiro atoms. The minimum absolute atomic E-state index is 0.0563. The minimum Gasteiger partial charge on any atom is -0.325 e. The highest BCUT2D eigenvalue weighted by Gasteiger charge is 2.14. The number of hydrogen-bond acceptors (Lipinski definition) is 4. The van der Waals surface area contributed by atoms with Crippen LogP contribution in [-0.4, -0.2) is 28.7 Å². The van der Waals surface area contributed by atoms with Crippen LogP contribution in [-0.2, 0) is 4.79 Å². The fourth-order valence-electron chi connectivity index (χ4n) is 4.16. The van der Waals surface area contributed by atoms with Gasteiger partial charge in [0.2, 0.25) is 5.91 Å². The van der Waals surface area contributed by atoms with Crippen LogP contribution in [0.25, 0.3) is 22.0 Å². The standard InChI is InChI=1S/C24H27ClN4O2/c25-20-13-12-16(23-18-9-3-4-10-19(18)24(31)29-28-23)15-21(20)27-22(30)11-5-6-14-26-17-7-1-2-8-17/h3-4,9-10,12-13,15,17,26H,1-2,5-8,11,14H2,(H,27,30)(H,29,31). The highest BCUT2D eigenvalue weighted by Crippen LogP contribution is 2.30. The summed E-state index contributed by atoms with van der Waals surface area (Å²) in [5.74, 6) is -0.0563. The zero-order valence-electron chi connectivity index (χ0n) is 17.4. The van der Waals surface area contributed by atoms with Crippen molar-refractivity contribution in [1.29, 1.82) is 0 Å². The number of hydrogen-bond donors (Lipinski definition) is 3. The summed E-state index contributed by atoms with van der Waals surface area (Å²) in [6, 6.07) is 13.3. The topological polar surface area (TPSA) is 86.9 Å². The molecule has 162 valence electrons. The lowest BCUT2D eigenvalue weighted by molar-refractivity contribution is -0.116. The van der Waals surface area contributed by atoms with E-state index in [1.807, 2.05) is 24.3 Å². The maximum absolute atomic E-state index is 12.4. The Morgan fingerprint density at radius 1 is 1.10 bits per heavy atom. The number of H-pyrrole nitrogens is 1. The summed E-state index contributed by atoms with van der Waals surface area (Å²) in [5, 5.41) is 15.1. The maximum Gasteiger partial charge on any atom is 0.272 e. The summed E-state index contributed by atoms with van der Waals surface area (Å²) in [5.41, 5.74) is 1.72. The number of aromatic nitrogens is 2. The van der Waals surface area contributed by atoms with Crippen LogP contribution in [0.3, 0.4) is 0 Å². The number of aromatic amines is 1. The summed E-state index contributed by atoms with van der Waals surface area (Å²) in [4.78, 5) is 24.5. The molecule has 1 aliphatic carbocycles. The third-order valence-corrected chi connectivity index (χ3v) is 6.16. The Kier molecular flexibility index (Phi) is 6.99. The lowest BCUT2D eigenvalue weighted by atomic mass is 10.0. The Morgan fingerprint density at radius 2 is 1.87 bits per heavy atom. The van der Waals surface area contributed by atoms with Gasteiger partial charge in [0, 0.05) is 23.4 Å². The van der Waals surface area contributed by atoms with Crippen molar-refractivity contribution in [2.45, 2.75) is 51.0 Å². The molecule has 7 heteroatoms. The molecule has 1 heterocycles. The average Bonchev–Trinajstić information content (AvgIpc) is 3.29. The molecule has 2 aromatic carbocycles. The van der Waals surface area contributed by atoms with Crippen LogP contribution in [0.5, 0.6) is 0 Å². The number of rotatable bonds is 8. The number of anilines is 1. The SMILES string of the molecule is O=C(CCCCNC1CCCC1)Nc1cc(-c2n[nH]c(=O)c3ccccc23)ccc1Cl. The van der Waals surface area contributed by atoms with Crippen molar-refractivity contribution in [1.82, 2.24) is 15.5 Å². The second-order valence-corrected chi connectivity index (χ2v) is 8.49. The van der Waals surface area contributed by atoms with Crippen LogP contribution in [0.4, 0.5) is 5.69 Å². The van der Waals surface area contributed by atoms with Crippen molar-refractivity contribution in [3.8, 4) is 11.3 Å². The number of fused-ring (bicyclic) bond motifs is 1. The zero-order valence-corrected chi connectivity index (χ0v) is 18.2. The van der Waals surface area contributed by atoms with Gasteiger partial charge in [0.05, 0.1) is 21.8 Å². The van der Waals surface area contributed by atoms with Crippen molar-refractivity contribution in [3.63, 3.8) is 0 Å². The predicted molar refractivity (Wildman–Crippen MR) is 126 cm³/mol. The lowest BCUT2D eigenvalue weighted by Crippen LogP contribution is -2.27. The van der Waals surface area contributed by atoms with E-state index in [1.165, 1.54) is 25.7 Å². The van der Waals surface area contributed by atoms with E-state index in [2.05, 4.69) is 20.8 Å². The van der Waals surface area contributed by atoms with E-state index in [4.69, 9.17) is 11.6 Å². The van der Waals surface area contributed by atoms with Crippen molar-refractivity contribution in [2.24, 2.45) is 0 Å². The second-order valence-electron chi connectivity index (χ2n) is 8.08. The van der Waals surface area contributed by atoms with E-state index >= 15 is 0 Å². The van der Waals surface area contributed by atoms with Crippen molar-refractivity contribution in [2.75, 3.05) is 11.9 Å². The van der Waals surface area contributed by atoms with Crippen LogP contribution in [0, 0.1) is 0 Å². The van der Waals surface area contributed by atoms with Crippen molar-refractivity contribution in [3.05, 3.63) is 57.8 Å². The molecule has 6 nitrogen and oxygen atoms in total. The summed E-state index contributed by atoms with van der Waals surface area (Å²) < 4.78 is 0. The average molecular weight is 439 g/mol. The smallest absolute Gasteiger partial charge is 0.272 e. The summed E-state index contributed by atoms with van der Waals surface area (Å²) in [7, 11) is 0. The maximum atomic E-state index is 12.4. The largest absolute Gasteiger partial charge is 0.325 e. The van der Waals surface area contributed by atoms with Gasteiger partial charge in [-0.1, -0.05) is 48.7 Å². The molecule has 1 aliphatic rings. The highest BCUT2D eigenvalue weighted by molar-refractivity contribution is 6.33. The Bertz CT molecular complexity index is 1120. The number of carbonyl (C=O) groups excluding carboxylic acids is 1. The number of benzene rings is 2. The van der Waals surface area contributed by atoms with Crippen LogP contribution in [0.1, 0.15) is 44.9 Å². The third kappa shape index (κ3) is 5.32. The van der Waals surface area contributed by atoms with E-state index < -0.39 is 0 Å². The molecule has 0 aliphatic heterocycles. The molecular weight excluding hydrogens is 412 g/mol. The molecule has 1 fully saturated rings. The van der Waals surface area contributed by atoms with Gasteiger partial charge < -0.3 is 10.6 Å². The van der Waals surface area contributed by atoms with Crippen LogP contribution < -0.4 is 16.2 Å².